The van der Waals surface area contributed by atoms with Crippen LogP contribution in [0.5, 0.6) is 0 Å². The first-order chi connectivity index (χ1) is 5.72. The van der Waals surface area contributed by atoms with E-state index in [1.165, 1.54) is 6.42 Å². The maximum Gasteiger partial charge on any atom is 0.0690 e. The van der Waals surface area contributed by atoms with Crippen LogP contribution in [-0.2, 0) is 0 Å². The third-order valence-corrected chi connectivity index (χ3v) is 3.08. The lowest BCUT2D eigenvalue weighted by atomic mass is 9.80. The highest BCUT2D eigenvalue weighted by molar-refractivity contribution is 4.99. The van der Waals surface area contributed by atoms with Crippen molar-refractivity contribution in [1.29, 1.82) is 5.26 Å². The van der Waals surface area contributed by atoms with Crippen LogP contribution in [0.1, 0.15) is 32.6 Å². The highest BCUT2D eigenvalue weighted by atomic mass is 15.1. The molecular weight excluding hydrogens is 148 g/mol. The Morgan fingerprint density at radius 3 is 2.75 bits per heavy atom. The van der Waals surface area contributed by atoms with E-state index >= 15 is 0 Å². The van der Waals surface area contributed by atoms with Crippen molar-refractivity contribution in [2.75, 3.05) is 20.1 Å². The van der Waals surface area contributed by atoms with Crippen LogP contribution in [0.15, 0.2) is 0 Å². The van der Waals surface area contributed by atoms with E-state index in [1.54, 1.807) is 0 Å². The molecule has 0 aliphatic carbocycles. The molecule has 0 N–H and O–H groups in total. The normalized spacial score (nSPS) is 32.4. The zero-order valence-corrected chi connectivity index (χ0v) is 8.14. The quantitative estimate of drug-likeness (QED) is 0.596. The molecule has 1 saturated heterocycles. The van der Waals surface area contributed by atoms with Crippen molar-refractivity contribution in [2.45, 2.75) is 32.6 Å². The summed E-state index contributed by atoms with van der Waals surface area (Å²) in [6.07, 6.45) is 4.33. The summed E-state index contributed by atoms with van der Waals surface area (Å²) in [4.78, 5) is 2.33. The number of nitriles is 1. The van der Waals surface area contributed by atoms with Crippen LogP contribution < -0.4 is 0 Å². The lowest BCUT2D eigenvalue weighted by Gasteiger charge is -2.22. The average Bonchev–Trinajstić information content (AvgIpc) is 2.28. The van der Waals surface area contributed by atoms with E-state index < -0.39 is 0 Å². The van der Waals surface area contributed by atoms with Crippen LogP contribution in [0, 0.1) is 16.7 Å². The van der Waals surface area contributed by atoms with Gasteiger partial charge in [0.2, 0.25) is 0 Å². The summed E-state index contributed by atoms with van der Waals surface area (Å²) in [6.45, 7) is 4.37. The van der Waals surface area contributed by atoms with Gasteiger partial charge in [0.25, 0.3) is 0 Å². The van der Waals surface area contributed by atoms with Gasteiger partial charge in [-0.2, -0.15) is 5.26 Å². The molecule has 0 bridgehead atoms. The molecule has 1 rings (SSSR count). The van der Waals surface area contributed by atoms with E-state index in [-0.39, 0.29) is 5.41 Å². The molecule has 1 heterocycles. The average molecular weight is 166 g/mol. The molecule has 2 nitrogen and oxygen atoms in total. The third kappa shape index (κ3) is 1.98. The van der Waals surface area contributed by atoms with Gasteiger partial charge >= 0.3 is 0 Å². The fourth-order valence-corrected chi connectivity index (χ4v) is 1.87. The van der Waals surface area contributed by atoms with Gasteiger partial charge in [0.1, 0.15) is 0 Å². The molecule has 1 atom stereocenters. The Kier molecular flexibility index (Phi) is 3.11. The molecule has 0 amide bonds. The van der Waals surface area contributed by atoms with Crippen molar-refractivity contribution in [3.05, 3.63) is 0 Å². The Labute approximate surface area is 75.2 Å². The molecule has 1 fully saturated rings. The zero-order chi connectivity index (χ0) is 9.03. The fourth-order valence-electron chi connectivity index (χ4n) is 1.87. The third-order valence-electron chi connectivity index (χ3n) is 3.08. The fraction of sp³-hybridized carbons (Fsp3) is 0.900. The molecule has 0 spiro atoms. The number of hydrogen-bond donors (Lipinski definition) is 0. The molecule has 0 aromatic rings. The molecular formula is C10H18N2. The Morgan fingerprint density at radius 1 is 1.42 bits per heavy atom. The van der Waals surface area contributed by atoms with Gasteiger partial charge in [-0.3, -0.25) is 0 Å². The second-order valence-electron chi connectivity index (χ2n) is 3.90. The van der Waals surface area contributed by atoms with Gasteiger partial charge in [-0.1, -0.05) is 6.92 Å². The van der Waals surface area contributed by atoms with Gasteiger partial charge in [-0.15, -0.1) is 0 Å². The number of hydrogen-bond acceptors (Lipinski definition) is 2. The summed E-state index contributed by atoms with van der Waals surface area (Å²) < 4.78 is 0. The lowest BCUT2D eigenvalue weighted by Crippen LogP contribution is -2.22. The first kappa shape index (κ1) is 9.54. The molecule has 2 heteroatoms. The topological polar surface area (TPSA) is 27.0 Å². The van der Waals surface area contributed by atoms with Crippen molar-refractivity contribution in [1.82, 2.24) is 4.90 Å². The van der Waals surface area contributed by atoms with Gasteiger partial charge in [-0.25, -0.2) is 0 Å². The predicted molar refractivity (Wildman–Crippen MR) is 49.7 cm³/mol. The van der Waals surface area contributed by atoms with E-state index in [1.807, 2.05) is 0 Å². The SMILES string of the molecule is CCC1(C#N)CCCN(C)CC1. The highest BCUT2D eigenvalue weighted by Crippen LogP contribution is 2.33. The maximum absolute atomic E-state index is 9.08. The van der Waals surface area contributed by atoms with Gasteiger partial charge in [0, 0.05) is 0 Å². The van der Waals surface area contributed by atoms with Crippen LogP contribution in [0.25, 0.3) is 0 Å². The summed E-state index contributed by atoms with van der Waals surface area (Å²) in [5.74, 6) is 0. The van der Waals surface area contributed by atoms with E-state index in [0.717, 1.165) is 32.4 Å². The van der Waals surface area contributed by atoms with Crippen LogP contribution in [0.4, 0.5) is 0 Å². The lowest BCUT2D eigenvalue weighted by molar-refractivity contribution is 0.306. The molecule has 68 valence electrons. The minimum atomic E-state index is -0.00917. The first-order valence-corrected chi connectivity index (χ1v) is 4.82. The number of rotatable bonds is 1. The molecule has 0 aromatic heterocycles. The van der Waals surface area contributed by atoms with Crippen molar-refractivity contribution in [2.24, 2.45) is 5.41 Å². The Hall–Kier alpha value is -0.550. The van der Waals surface area contributed by atoms with Gasteiger partial charge < -0.3 is 4.90 Å². The molecule has 12 heavy (non-hydrogen) atoms. The second-order valence-corrected chi connectivity index (χ2v) is 3.90. The van der Waals surface area contributed by atoms with Crippen LogP contribution in [-0.4, -0.2) is 25.0 Å². The molecule has 0 aromatic carbocycles. The monoisotopic (exact) mass is 166 g/mol. The molecule has 1 aliphatic rings. The van der Waals surface area contributed by atoms with E-state index in [9.17, 15) is 0 Å². The largest absolute Gasteiger partial charge is 0.306 e. The van der Waals surface area contributed by atoms with Crippen molar-refractivity contribution >= 4 is 0 Å². The number of nitrogens with zero attached hydrogens (tertiary/aromatic N) is 2. The smallest absolute Gasteiger partial charge is 0.0690 e. The number of likely N-dealkylation sites (tertiary alicyclic amines) is 1. The minimum Gasteiger partial charge on any atom is -0.306 e. The summed E-state index contributed by atoms with van der Waals surface area (Å²) in [5, 5.41) is 9.08. The van der Waals surface area contributed by atoms with E-state index in [2.05, 4.69) is 24.9 Å². The van der Waals surface area contributed by atoms with Crippen LogP contribution in [0.2, 0.25) is 0 Å². The van der Waals surface area contributed by atoms with Crippen LogP contribution in [0.3, 0.4) is 0 Å². The van der Waals surface area contributed by atoms with E-state index in [4.69, 9.17) is 5.26 Å². The first-order valence-electron chi connectivity index (χ1n) is 4.82. The minimum absolute atomic E-state index is 0.00917. The van der Waals surface area contributed by atoms with Crippen LogP contribution >= 0.6 is 0 Å². The molecule has 0 radical (unpaired) electrons. The van der Waals surface area contributed by atoms with Gasteiger partial charge in [0.15, 0.2) is 0 Å². The summed E-state index contributed by atoms with van der Waals surface area (Å²) in [5.41, 5.74) is -0.00917. The Balaban J connectivity index is 2.60. The zero-order valence-electron chi connectivity index (χ0n) is 8.14. The summed E-state index contributed by atoms with van der Waals surface area (Å²) in [7, 11) is 2.14. The predicted octanol–water partition coefficient (Wildman–Crippen LogP) is 2.02. The highest BCUT2D eigenvalue weighted by Gasteiger charge is 2.29. The van der Waals surface area contributed by atoms with Crippen molar-refractivity contribution in [3.63, 3.8) is 0 Å². The van der Waals surface area contributed by atoms with Crippen molar-refractivity contribution in [3.8, 4) is 6.07 Å². The van der Waals surface area contributed by atoms with E-state index in [0.29, 0.717) is 0 Å². The Bertz CT molecular complexity index is 183. The van der Waals surface area contributed by atoms with Gasteiger partial charge in [-0.05, 0) is 45.8 Å². The Morgan fingerprint density at radius 2 is 2.17 bits per heavy atom. The van der Waals surface area contributed by atoms with Crippen molar-refractivity contribution < 1.29 is 0 Å². The molecule has 1 unspecified atom stereocenters. The standard InChI is InChI=1S/C10H18N2/c1-3-10(9-11)5-4-7-12(2)8-6-10/h3-8H2,1-2H3. The second kappa shape index (κ2) is 3.91. The maximum atomic E-state index is 9.08. The molecule has 0 saturated carbocycles. The summed E-state index contributed by atoms with van der Waals surface area (Å²) in [6, 6.07) is 2.50. The van der Waals surface area contributed by atoms with Gasteiger partial charge in [0.05, 0.1) is 11.5 Å². The summed E-state index contributed by atoms with van der Waals surface area (Å²) >= 11 is 0. The molecule has 1 aliphatic heterocycles.